The molecule has 3 heteroatoms. The van der Waals surface area contributed by atoms with Crippen LogP contribution in [0.4, 0.5) is 0 Å². The second-order valence-electron chi connectivity index (χ2n) is 3.05. The van der Waals surface area contributed by atoms with Crippen molar-refractivity contribution in [3.63, 3.8) is 0 Å². The van der Waals surface area contributed by atoms with E-state index in [1.165, 1.54) is 0 Å². The molecule has 1 aliphatic carbocycles. The number of hydrogen-bond acceptors (Lipinski definition) is 2. The quantitative estimate of drug-likeness (QED) is 0.670. The molecule has 0 aromatic heterocycles. The van der Waals surface area contributed by atoms with E-state index in [4.69, 9.17) is 10.5 Å². The van der Waals surface area contributed by atoms with Gasteiger partial charge in [0.15, 0.2) is 0 Å². The standard InChI is InChI=1S/C7H15NO.ClH/c1-3-9-7(2)4-6(8)5-7;/h6H,3-5,8H2,1-2H3;1H. The Labute approximate surface area is 68.5 Å². The lowest BCUT2D eigenvalue weighted by Gasteiger charge is -2.42. The van der Waals surface area contributed by atoms with Crippen LogP contribution in [-0.2, 0) is 4.74 Å². The van der Waals surface area contributed by atoms with E-state index in [2.05, 4.69) is 6.92 Å². The SMILES string of the molecule is CCOC1(C)CC(N)C1.Cl. The smallest absolute Gasteiger partial charge is 0.0683 e. The Kier molecular flexibility index (Phi) is 3.63. The molecule has 1 rings (SSSR count). The van der Waals surface area contributed by atoms with Crippen molar-refractivity contribution >= 4 is 12.4 Å². The average Bonchev–Trinajstić information content (AvgIpc) is 1.62. The summed E-state index contributed by atoms with van der Waals surface area (Å²) in [5, 5.41) is 0. The van der Waals surface area contributed by atoms with Crippen LogP contribution >= 0.6 is 12.4 Å². The molecule has 0 aromatic rings. The van der Waals surface area contributed by atoms with E-state index in [0.717, 1.165) is 19.4 Å². The van der Waals surface area contributed by atoms with E-state index in [1.54, 1.807) is 0 Å². The van der Waals surface area contributed by atoms with Crippen molar-refractivity contribution in [1.82, 2.24) is 0 Å². The van der Waals surface area contributed by atoms with Gasteiger partial charge in [0.1, 0.15) is 0 Å². The Hall–Kier alpha value is 0.210. The summed E-state index contributed by atoms with van der Waals surface area (Å²) < 4.78 is 5.46. The normalized spacial score (nSPS) is 38.1. The average molecular weight is 166 g/mol. The maximum Gasteiger partial charge on any atom is 0.0683 e. The Morgan fingerprint density at radius 3 is 2.40 bits per heavy atom. The third-order valence-corrected chi connectivity index (χ3v) is 1.88. The topological polar surface area (TPSA) is 35.2 Å². The summed E-state index contributed by atoms with van der Waals surface area (Å²) in [6.07, 6.45) is 2.06. The minimum Gasteiger partial charge on any atom is -0.375 e. The third-order valence-electron chi connectivity index (χ3n) is 1.88. The summed E-state index contributed by atoms with van der Waals surface area (Å²) in [5.74, 6) is 0. The first kappa shape index (κ1) is 10.2. The highest BCUT2D eigenvalue weighted by Crippen LogP contribution is 2.33. The van der Waals surface area contributed by atoms with Gasteiger partial charge in [-0.15, -0.1) is 12.4 Å². The molecule has 62 valence electrons. The Bertz CT molecular complexity index is 96.3. The highest BCUT2D eigenvalue weighted by molar-refractivity contribution is 5.85. The van der Waals surface area contributed by atoms with E-state index in [1.807, 2.05) is 6.92 Å². The Morgan fingerprint density at radius 1 is 1.60 bits per heavy atom. The zero-order valence-corrected chi connectivity index (χ0v) is 7.41. The second-order valence-corrected chi connectivity index (χ2v) is 3.05. The van der Waals surface area contributed by atoms with Crippen LogP contribution in [0.5, 0.6) is 0 Å². The maximum absolute atomic E-state index is 5.60. The van der Waals surface area contributed by atoms with Crippen molar-refractivity contribution in [2.45, 2.75) is 38.3 Å². The molecule has 10 heavy (non-hydrogen) atoms. The van der Waals surface area contributed by atoms with Gasteiger partial charge in [0.05, 0.1) is 5.60 Å². The van der Waals surface area contributed by atoms with Crippen LogP contribution in [-0.4, -0.2) is 18.2 Å². The van der Waals surface area contributed by atoms with Gasteiger partial charge < -0.3 is 10.5 Å². The van der Waals surface area contributed by atoms with Gasteiger partial charge in [0.2, 0.25) is 0 Å². The van der Waals surface area contributed by atoms with Crippen molar-refractivity contribution in [3.05, 3.63) is 0 Å². The van der Waals surface area contributed by atoms with E-state index in [-0.39, 0.29) is 18.0 Å². The van der Waals surface area contributed by atoms with Crippen molar-refractivity contribution in [2.24, 2.45) is 5.73 Å². The summed E-state index contributed by atoms with van der Waals surface area (Å²) in [5.41, 5.74) is 5.72. The Balaban J connectivity index is 0.000000810. The van der Waals surface area contributed by atoms with Gasteiger partial charge in [-0.25, -0.2) is 0 Å². The first-order valence-electron chi connectivity index (χ1n) is 3.56. The number of halogens is 1. The van der Waals surface area contributed by atoms with Gasteiger partial charge in [-0.2, -0.15) is 0 Å². The summed E-state index contributed by atoms with van der Waals surface area (Å²) in [6, 6.07) is 0.390. The van der Waals surface area contributed by atoms with E-state index >= 15 is 0 Å². The van der Waals surface area contributed by atoms with Gasteiger partial charge in [-0.3, -0.25) is 0 Å². The fourth-order valence-electron chi connectivity index (χ4n) is 1.52. The summed E-state index contributed by atoms with van der Waals surface area (Å²) in [6.45, 7) is 4.96. The molecule has 0 spiro atoms. The highest BCUT2D eigenvalue weighted by atomic mass is 35.5. The van der Waals surface area contributed by atoms with Crippen LogP contribution in [0.15, 0.2) is 0 Å². The zero-order chi connectivity index (χ0) is 6.91. The molecule has 0 atom stereocenters. The summed E-state index contributed by atoms with van der Waals surface area (Å²) in [7, 11) is 0. The number of hydrogen-bond donors (Lipinski definition) is 1. The fourth-order valence-corrected chi connectivity index (χ4v) is 1.52. The molecule has 1 saturated carbocycles. The summed E-state index contributed by atoms with van der Waals surface area (Å²) in [4.78, 5) is 0. The van der Waals surface area contributed by atoms with Crippen molar-refractivity contribution < 1.29 is 4.74 Å². The molecule has 2 N–H and O–H groups in total. The molecule has 0 radical (unpaired) electrons. The lowest BCUT2D eigenvalue weighted by molar-refractivity contribution is -0.0896. The van der Waals surface area contributed by atoms with Gasteiger partial charge in [0, 0.05) is 12.6 Å². The lowest BCUT2D eigenvalue weighted by Crippen LogP contribution is -2.51. The van der Waals surface area contributed by atoms with Crippen LogP contribution in [0, 0.1) is 0 Å². The van der Waals surface area contributed by atoms with Gasteiger partial charge >= 0.3 is 0 Å². The summed E-state index contributed by atoms with van der Waals surface area (Å²) >= 11 is 0. The van der Waals surface area contributed by atoms with Gasteiger partial charge in [-0.05, 0) is 26.7 Å². The predicted molar refractivity (Wildman–Crippen MR) is 44.5 cm³/mol. The van der Waals surface area contributed by atoms with Gasteiger partial charge in [0.25, 0.3) is 0 Å². The largest absolute Gasteiger partial charge is 0.375 e. The molecule has 1 fully saturated rings. The molecule has 2 nitrogen and oxygen atoms in total. The minimum atomic E-state index is 0. The molecule has 1 aliphatic rings. The van der Waals surface area contributed by atoms with E-state index in [0.29, 0.717) is 6.04 Å². The highest BCUT2D eigenvalue weighted by Gasteiger charge is 2.38. The third kappa shape index (κ3) is 2.11. The number of nitrogens with two attached hydrogens (primary N) is 1. The predicted octanol–water partition coefficient (Wildman–Crippen LogP) is 1.32. The van der Waals surface area contributed by atoms with Crippen LogP contribution < -0.4 is 5.73 Å². The van der Waals surface area contributed by atoms with Crippen molar-refractivity contribution in [1.29, 1.82) is 0 Å². The van der Waals surface area contributed by atoms with Crippen LogP contribution in [0.2, 0.25) is 0 Å². The molecule has 0 aromatic carbocycles. The molecular weight excluding hydrogens is 150 g/mol. The van der Waals surface area contributed by atoms with Crippen LogP contribution in [0.3, 0.4) is 0 Å². The maximum atomic E-state index is 5.60. The molecule has 0 bridgehead atoms. The lowest BCUT2D eigenvalue weighted by atomic mass is 9.77. The molecule has 0 unspecified atom stereocenters. The Morgan fingerprint density at radius 2 is 2.10 bits per heavy atom. The van der Waals surface area contributed by atoms with Crippen molar-refractivity contribution in [2.75, 3.05) is 6.61 Å². The van der Waals surface area contributed by atoms with Crippen LogP contribution in [0.1, 0.15) is 26.7 Å². The molecule has 0 saturated heterocycles. The fraction of sp³-hybridized carbons (Fsp3) is 1.00. The van der Waals surface area contributed by atoms with E-state index in [9.17, 15) is 0 Å². The number of rotatable bonds is 2. The zero-order valence-electron chi connectivity index (χ0n) is 6.59. The first-order chi connectivity index (χ1) is 4.16. The molecular formula is C7H16ClNO. The van der Waals surface area contributed by atoms with Gasteiger partial charge in [-0.1, -0.05) is 0 Å². The van der Waals surface area contributed by atoms with Crippen LogP contribution in [0.25, 0.3) is 0 Å². The number of ether oxygens (including phenoxy) is 1. The molecule has 0 aliphatic heterocycles. The first-order valence-corrected chi connectivity index (χ1v) is 3.56. The molecule has 0 amide bonds. The molecule has 0 heterocycles. The second kappa shape index (κ2) is 3.56. The minimum absolute atomic E-state index is 0. The van der Waals surface area contributed by atoms with Crippen molar-refractivity contribution in [3.8, 4) is 0 Å². The monoisotopic (exact) mass is 165 g/mol. The van der Waals surface area contributed by atoms with E-state index < -0.39 is 0 Å².